The topological polar surface area (TPSA) is 98.1 Å². The first-order chi connectivity index (χ1) is 10.5. The van der Waals surface area contributed by atoms with E-state index in [0.29, 0.717) is 10.8 Å². The third-order valence-electron chi connectivity index (χ3n) is 3.72. The number of pyridine rings is 1. The number of aromatic nitrogens is 2. The Morgan fingerprint density at radius 1 is 1.27 bits per heavy atom. The van der Waals surface area contributed by atoms with Crippen LogP contribution in [0.3, 0.4) is 0 Å². The Bertz CT molecular complexity index is 872. The molecule has 1 aromatic carbocycles. The number of hydrogen-bond donors (Lipinski definition) is 1. The van der Waals surface area contributed by atoms with E-state index in [1.807, 2.05) is 13.8 Å². The lowest BCUT2D eigenvalue weighted by atomic mass is 10.1. The van der Waals surface area contributed by atoms with Gasteiger partial charge in [0.1, 0.15) is 5.69 Å². The van der Waals surface area contributed by atoms with E-state index in [4.69, 9.17) is 0 Å². The van der Waals surface area contributed by atoms with Crippen molar-refractivity contribution in [1.29, 1.82) is 0 Å². The second-order valence-corrected chi connectivity index (χ2v) is 5.02. The van der Waals surface area contributed by atoms with Crippen LogP contribution in [-0.2, 0) is 0 Å². The smallest absolute Gasteiger partial charge is 0.295 e. The predicted octanol–water partition coefficient (Wildman–Crippen LogP) is 3.72. The number of aromatic amines is 1. The fourth-order valence-corrected chi connectivity index (χ4v) is 2.40. The van der Waals surface area contributed by atoms with Crippen LogP contribution in [0.25, 0.3) is 10.9 Å². The molecular weight excluding hydrogens is 284 g/mol. The van der Waals surface area contributed by atoms with Crippen LogP contribution >= 0.6 is 0 Å². The summed E-state index contributed by atoms with van der Waals surface area (Å²) >= 11 is 0. The lowest BCUT2D eigenvalue weighted by molar-refractivity contribution is -0.384. The van der Waals surface area contributed by atoms with Crippen LogP contribution in [-0.4, -0.2) is 14.9 Å². The maximum atomic E-state index is 12.5. The maximum Gasteiger partial charge on any atom is 0.295 e. The van der Waals surface area contributed by atoms with E-state index < -0.39 is 4.92 Å². The van der Waals surface area contributed by atoms with Gasteiger partial charge in [-0.05, 0) is 37.6 Å². The van der Waals surface area contributed by atoms with Crippen molar-refractivity contribution in [3.05, 3.63) is 63.2 Å². The Labute approximate surface area is 125 Å². The van der Waals surface area contributed by atoms with E-state index >= 15 is 0 Å². The van der Waals surface area contributed by atoms with Crippen molar-refractivity contribution in [2.24, 2.45) is 0 Å². The number of nitro groups is 1. The van der Waals surface area contributed by atoms with Crippen molar-refractivity contribution >= 4 is 28.0 Å². The Morgan fingerprint density at radius 2 is 2.05 bits per heavy atom. The van der Waals surface area contributed by atoms with Gasteiger partial charge in [-0.2, -0.15) is 0 Å². The Morgan fingerprint density at radius 3 is 2.77 bits per heavy atom. The second kappa shape index (κ2) is 5.12. The number of anilines is 2. The van der Waals surface area contributed by atoms with Gasteiger partial charge in [-0.15, -0.1) is 0 Å². The van der Waals surface area contributed by atoms with Crippen molar-refractivity contribution in [2.75, 3.05) is 5.06 Å². The molecule has 0 radical (unpaired) electrons. The largest absolute Gasteiger partial charge is 0.754 e. The third-order valence-corrected chi connectivity index (χ3v) is 3.72. The highest BCUT2D eigenvalue weighted by Crippen LogP contribution is 2.34. The number of nitrogens with one attached hydrogen (secondary N) is 1. The third kappa shape index (κ3) is 2.17. The molecule has 0 aliphatic rings. The van der Waals surface area contributed by atoms with E-state index in [1.165, 1.54) is 18.5 Å². The first-order valence-electron chi connectivity index (χ1n) is 6.63. The molecule has 1 N–H and O–H groups in total. The van der Waals surface area contributed by atoms with E-state index in [2.05, 4.69) is 9.97 Å². The quantitative estimate of drug-likeness (QED) is 0.586. The molecule has 0 saturated heterocycles. The Balaban J connectivity index is 2.11. The number of H-pyrrole nitrogens is 1. The monoisotopic (exact) mass is 297 g/mol. The van der Waals surface area contributed by atoms with Crippen LogP contribution < -0.4 is 5.06 Å². The molecule has 7 heteroatoms. The molecule has 0 unspecified atom stereocenters. The van der Waals surface area contributed by atoms with Crippen LogP contribution in [0.15, 0.2) is 36.7 Å². The number of fused-ring (bicyclic) bond motifs is 1. The Kier molecular flexibility index (Phi) is 3.26. The number of nitrogens with zero attached hydrogens (tertiary/aromatic N) is 3. The summed E-state index contributed by atoms with van der Waals surface area (Å²) in [6.45, 7) is 3.91. The van der Waals surface area contributed by atoms with Gasteiger partial charge in [0.05, 0.1) is 11.1 Å². The minimum Gasteiger partial charge on any atom is -0.754 e. The van der Waals surface area contributed by atoms with Crippen molar-refractivity contribution in [3.8, 4) is 0 Å². The van der Waals surface area contributed by atoms with Crippen molar-refractivity contribution in [1.82, 2.24) is 9.97 Å². The summed E-state index contributed by atoms with van der Waals surface area (Å²) in [6, 6.07) is 6.35. The zero-order valence-corrected chi connectivity index (χ0v) is 12.0. The van der Waals surface area contributed by atoms with Gasteiger partial charge in [0, 0.05) is 34.5 Å². The number of aryl methyl sites for hydroxylation is 2. The molecule has 0 fully saturated rings. The molecule has 7 nitrogen and oxygen atoms in total. The summed E-state index contributed by atoms with van der Waals surface area (Å²) < 4.78 is 0. The fraction of sp³-hybridized carbons (Fsp3) is 0.133. The summed E-state index contributed by atoms with van der Waals surface area (Å²) in [4.78, 5) is 17.5. The normalized spacial score (nSPS) is 10.9. The summed E-state index contributed by atoms with van der Waals surface area (Å²) in [7, 11) is 0. The summed E-state index contributed by atoms with van der Waals surface area (Å²) in [5, 5.41) is 25.0. The van der Waals surface area contributed by atoms with Gasteiger partial charge < -0.3 is 15.3 Å². The molecule has 0 amide bonds. The highest BCUT2D eigenvalue weighted by atomic mass is 16.6. The van der Waals surface area contributed by atoms with Gasteiger partial charge in [-0.3, -0.25) is 15.1 Å². The van der Waals surface area contributed by atoms with Crippen molar-refractivity contribution < 1.29 is 4.92 Å². The zero-order valence-electron chi connectivity index (χ0n) is 12.0. The van der Waals surface area contributed by atoms with E-state index in [-0.39, 0.29) is 11.4 Å². The first-order valence-corrected chi connectivity index (χ1v) is 6.63. The molecule has 3 aromatic rings. The van der Waals surface area contributed by atoms with Crippen LogP contribution in [0.5, 0.6) is 0 Å². The molecule has 0 aliphatic carbocycles. The lowest BCUT2D eigenvalue weighted by Crippen LogP contribution is -2.09. The summed E-state index contributed by atoms with van der Waals surface area (Å²) in [5.41, 5.74) is 2.96. The van der Waals surface area contributed by atoms with Crippen molar-refractivity contribution in [2.45, 2.75) is 13.8 Å². The number of hydrogen-bond acceptors (Lipinski definition) is 5. The number of benzene rings is 1. The van der Waals surface area contributed by atoms with Gasteiger partial charge in [0.15, 0.2) is 0 Å². The molecule has 0 atom stereocenters. The highest BCUT2D eigenvalue weighted by Gasteiger charge is 2.16. The molecule has 0 spiro atoms. The molecule has 0 saturated carbocycles. The van der Waals surface area contributed by atoms with Gasteiger partial charge in [0.25, 0.3) is 5.69 Å². The van der Waals surface area contributed by atoms with Crippen molar-refractivity contribution in [3.63, 3.8) is 0 Å². The standard InChI is InChI=1S/C15H13N4O3/c1-9-10(2)17-13-4-3-11(7-12(9)13)18(20)15-8-16-6-5-14(15)19(21)22/h3-8,17H,1-2H3/q-1. The molecular formula is C15H13N4O3-. The second-order valence-electron chi connectivity index (χ2n) is 5.02. The number of rotatable bonds is 3. The van der Waals surface area contributed by atoms with Gasteiger partial charge in [-0.1, -0.05) is 0 Å². The summed E-state index contributed by atoms with van der Waals surface area (Å²) in [5.74, 6) is 0. The Hall–Kier alpha value is -2.93. The lowest BCUT2D eigenvalue weighted by Gasteiger charge is -2.29. The minimum absolute atomic E-state index is 0.0863. The minimum atomic E-state index is -0.591. The summed E-state index contributed by atoms with van der Waals surface area (Å²) in [6.07, 6.45) is 2.49. The van der Waals surface area contributed by atoms with Gasteiger partial charge in [-0.25, -0.2) is 0 Å². The predicted molar refractivity (Wildman–Crippen MR) is 84.2 cm³/mol. The van der Waals surface area contributed by atoms with Crippen LogP contribution in [0.2, 0.25) is 0 Å². The molecule has 112 valence electrons. The molecule has 22 heavy (non-hydrogen) atoms. The first kappa shape index (κ1) is 14.0. The SMILES string of the molecule is Cc1[nH]c2ccc(N([O-])c3cnccc3[N+](=O)[O-])cc2c1C. The van der Waals surface area contributed by atoms with E-state index in [0.717, 1.165) is 22.2 Å². The average molecular weight is 297 g/mol. The molecule has 0 bridgehead atoms. The maximum absolute atomic E-state index is 12.5. The molecule has 2 heterocycles. The fourth-order valence-electron chi connectivity index (χ4n) is 2.40. The molecule has 3 rings (SSSR count). The zero-order chi connectivity index (χ0) is 15.9. The van der Waals surface area contributed by atoms with Gasteiger partial charge in [0.2, 0.25) is 0 Å². The van der Waals surface area contributed by atoms with Gasteiger partial charge >= 0.3 is 0 Å². The molecule has 0 aliphatic heterocycles. The van der Waals surface area contributed by atoms with Crippen LogP contribution in [0, 0.1) is 29.2 Å². The van der Waals surface area contributed by atoms with E-state index in [1.54, 1.807) is 18.2 Å². The van der Waals surface area contributed by atoms with Crippen LogP contribution in [0.4, 0.5) is 17.1 Å². The average Bonchev–Trinajstić information content (AvgIpc) is 2.81. The highest BCUT2D eigenvalue weighted by molar-refractivity contribution is 5.89. The molecule has 2 aromatic heterocycles. The van der Waals surface area contributed by atoms with E-state index in [9.17, 15) is 15.3 Å². The van der Waals surface area contributed by atoms with Crippen LogP contribution in [0.1, 0.15) is 11.3 Å².